The van der Waals surface area contributed by atoms with E-state index >= 15 is 0 Å². The van der Waals surface area contributed by atoms with Gasteiger partial charge in [0, 0.05) is 11.9 Å². The third-order valence-electron chi connectivity index (χ3n) is 5.66. The molecule has 0 amide bonds. The molecule has 1 fully saturated rings. The number of aliphatic hydroxyl groups is 1. The van der Waals surface area contributed by atoms with Gasteiger partial charge >= 0.3 is 0 Å². The van der Waals surface area contributed by atoms with Crippen LogP contribution < -0.4 is 4.80 Å². The molecule has 0 spiro atoms. The fraction of sp³-hybridized carbons (Fsp3) is 0.375. The highest BCUT2D eigenvalue weighted by Crippen LogP contribution is 2.33. The summed E-state index contributed by atoms with van der Waals surface area (Å²) in [4.78, 5) is 5.73. The molecular formula is C24H28N2OS. The highest BCUT2D eigenvalue weighted by atomic mass is 32.1. The van der Waals surface area contributed by atoms with Crippen molar-refractivity contribution in [2.75, 3.05) is 6.61 Å². The number of hydrogen-bond donors (Lipinski definition) is 1. The first kappa shape index (κ1) is 19.2. The van der Waals surface area contributed by atoms with Gasteiger partial charge in [-0.3, -0.25) is 0 Å². The average Bonchev–Trinajstić information content (AvgIpc) is 3.13. The van der Waals surface area contributed by atoms with E-state index in [-0.39, 0.29) is 6.61 Å². The molecule has 1 heterocycles. The van der Waals surface area contributed by atoms with Gasteiger partial charge in [-0.15, -0.1) is 11.3 Å². The maximum atomic E-state index is 9.59. The molecule has 0 atom stereocenters. The Hall–Kier alpha value is -2.17. The van der Waals surface area contributed by atoms with Crippen molar-refractivity contribution in [2.45, 2.75) is 51.5 Å². The van der Waals surface area contributed by atoms with E-state index in [0.29, 0.717) is 6.54 Å². The minimum atomic E-state index is 0.102. The Balaban J connectivity index is 1.65. The monoisotopic (exact) mass is 392 g/mol. The van der Waals surface area contributed by atoms with Crippen molar-refractivity contribution in [3.05, 3.63) is 69.8 Å². The second-order valence-corrected chi connectivity index (χ2v) is 8.52. The van der Waals surface area contributed by atoms with Crippen molar-refractivity contribution < 1.29 is 5.11 Å². The van der Waals surface area contributed by atoms with Crippen molar-refractivity contribution in [1.29, 1.82) is 0 Å². The van der Waals surface area contributed by atoms with Crippen molar-refractivity contribution in [3.63, 3.8) is 0 Å². The molecule has 1 aliphatic carbocycles. The van der Waals surface area contributed by atoms with Gasteiger partial charge in [0.25, 0.3) is 0 Å². The first-order valence-electron chi connectivity index (χ1n) is 10.3. The Morgan fingerprint density at radius 1 is 1.00 bits per heavy atom. The molecule has 1 aromatic heterocycles. The molecule has 4 rings (SSSR count). The van der Waals surface area contributed by atoms with Gasteiger partial charge in [-0.25, -0.2) is 4.99 Å². The summed E-state index contributed by atoms with van der Waals surface area (Å²) in [5, 5.41) is 11.7. The Bertz CT molecular complexity index is 961. The Labute approximate surface area is 171 Å². The Kier molecular flexibility index (Phi) is 6.08. The number of aryl methyl sites for hydroxylation is 1. The molecule has 28 heavy (non-hydrogen) atoms. The van der Waals surface area contributed by atoms with Gasteiger partial charge < -0.3 is 9.67 Å². The van der Waals surface area contributed by atoms with Gasteiger partial charge in [-0.1, -0.05) is 61.2 Å². The van der Waals surface area contributed by atoms with Crippen molar-refractivity contribution >= 4 is 17.0 Å². The van der Waals surface area contributed by atoms with E-state index in [0.717, 1.165) is 22.1 Å². The second-order valence-electron chi connectivity index (χ2n) is 7.68. The SMILES string of the molecule is Cc1ccc(N=c2scc(-c3ccc(C4CCCCC4)cc3)n2CCO)cc1. The summed E-state index contributed by atoms with van der Waals surface area (Å²) in [6.07, 6.45) is 6.75. The van der Waals surface area contributed by atoms with Crippen LogP contribution >= 0.6 is 11.3 Å². The molecule has 3 nitrogen and oxygen atoms in total. The van der Waals surface area contributed by atoms with Gasteiger partial charge in [0.05, 0.1) is 18.0 Å². The van der Waals surface area contributed by atoms with Crippen molar-refractivity contribution in [2.24, 2.45) is 4.99 Å². The highest BCUT2D eigenvalue weighted by molar-refractivity contribution is 7.07. The van der Waals surface area contributed by atoms with E-state index in [9.17, 15) is 5.11 Å². The summed E-state index contributed by atoms with van der Waals surface area (Å²) < 4.78 is 2.13. The van der Waals surface area contributed by atoms with E-state index in [1.54, 1.807) is 11.3 Å². The lowest BCUT2D eigenvalue weighted by molar-refractivity contribution is 0.275. The molecule has 1 aliphatic rings. The van der Waals surface area contributed by atoms with Crippen LogP contribution in [-0.4, -0.2) is 16.3 Å². The minimum absolute atomic E-state index is 0.102. The quantitative estimate of drug-likeness (QED) is 0.586. The molecule has 0 saturated heterocycles. The van der Waals surface area contributed by atoms with Crippen LogP contribution in [0.15, 0.2) is 58.9 Å². The summed E-state index contributed by atoms with van der Waals surface area (Å²) in [6, 6.07) is 17.3. The summed E-state index contributed by atoms with van der Waals surface area (Å²) in [5.74, 6) is 0.724. The topological polar surface area (TPSA) is 37.5 Å². The van der Waals surface area contributed by atoms with Crippen LogP contribution in [0.4, 0.5) is 5.69 Å². The van der Waals surface area contributed by atoms with E-state index < -0.39 is 0 Å². The molecule has 0 radical (unpaired) electrons. The van der Waals surface area contributed by atoms with Crippen LogP contribution in [0, 0.1) is 6.92 Å². The number of aliphatic hydroxyl groups excluding tert-OH is 1. The molecule has 3 aromatic rings. The van der Waals surface area contributed by atoms with Crippen LogP contribution in [0.1, 0.15) is 49.1 Å². The molecule has 0 unspecified atom stereocenters. The van der Waals surface area contributed by atoms with Crippen LogP contribution in [-0.2, 0) is 6.54 Å². The van der Waals surface area contributed by atoms with E-state index in [1.807, 2.05) is 12.1 Å². The van der Waals surface area contributed by atoms with E-state index in [1.165, 1.54) is 48.8 Å². The lowest BCUT2D eigenvalue weighted by atomic mass is 9.84. The second kappa shape index (κ2) is 8.89. The van der Waals surface area contributed by atoms with Gasteiger partial charge in [-0.05, 0) is 48.9 Å². The first-order valence-corrected chi connectivity index (χ1v) is 11.1. The molecule has 0 bridgehead atoms. The molecular weight excluding hydrogens is 364 g/mol. The number of hydrogen-bond acceptors (Lipinski definition) is 3. The van der Waals surface area contributed by atoms with Crippen LogP contribution in [0.5, 0.6) is 0 Å². The number of thiazole rings is 1. The van der Waals surface area contributed by atoms with Crippen LogP contribution in [0.2, 0.25) is 0 Å². The smallest absolute Gasteiger partial charge is 0.190 e. The van der Waals surface area contributed by atoms with Crippen LogP contribution in [0.25, 0.3) is 11.3 Å². The number of rotatable bonds is 5. The maximum absolute atomic E-state index is 9.59. The fourth-order valence-electron chi connectivity index (χ4n) is 4.06. The number of benzene rings is 2. The summed E-state index contributed by atoms with van der Waals surface area (Å²) >= 11 is 1.63. The molecule has 146 valence electrons. The normalized spacial score (nSPS) is 15.9. The van der Waals surface area contributed by atoms with Gasteiger partial charge in [0.2, 0.25) is 0 Å². The lowest BCUT2D eigenvalue weighted by Gasteiger charge is -2.22. The zero-order valence-electron chi connectivity index (χ0n) is 16.5. The molecule has 2 aromatic carbocycles. The molecule has 1 N–H and O–H groups in total. The average molecular weight is 393 g/mol. The minimum Gasteiger partial charge on any atom is -0.395 e. The summed E-state index contributed by atoms with van der Waals surface area (Å²) in [7, 11) is 0. The summed E-state index contributed by atoms with van der Waals surface area (Å²) in [5.41, 5.74) is 5.96. The van der Waals surface area contributed by atoms with Crippen LogP contribution in [0.3, 0.4) is 0 Å². The van der Waals surface area contributed by atoms with E-state index in [2.05, 4.69) is 53.3 Å². The largest absolute Gasteiger partial charge is 0.395 e. The Morgan fingerprint density at radius 2 is 1.71 bits per heavy atom. The third kappa shape index (κ3) is 4.29. The molecule has 0 aliphatic heterocycles. The standard InChI is InChI=1S/C24H28N2OS/c1-18-7-13-22(14-8-18)25-24-26(15-16-27)23(17-28-24)21-11-9-20(10-12-21)19-5-3-2-4-6-19/h7-14,17,19,27H,2-6,15-16H2,1H3. The van der Waals surface area contributed by atoms with Gasteiger partial charge in [-0.2, -0.15) is 0 Å². The maximum Gasteiger partial charge on any atom is 0.190 e. The van der Waals surface area contributed by atoms with Crippen molar-refractivity contribution in [3.8, 4) is 11.3 Å². The lowest BCUT2D eigenvalue weighted by Crippen LogP contribution is -2.17. The zero-order chi connectivity index (χ0) is 19.3. The molecule has 1 saturated carbocycles. The summed E-state index contributed by atoms with van der Waals surface area (Å²) in [6.45, 7) is 2.73. The number of nitrogens with zero attached hydrogens (tertiary/aromatic N) is 2. The van der Waals surface area contributed by atoms with Gasteiger partial charge in [0.15, 0.2) is 4.80 Å². The first-order chi connectivity index (χ1) is 13.7. The third-order valence-corrected chi connectivity index (χ3v) is 6.53. The fourth-order valence-corrected chi connectivity index (χ4v) is 5.01. The Morgan fingerprint density at radius 3 is 2.39 bits per heavy atom. The highest BCUT2D eigenvalue weighted by Gasteiger charge is 2.16. The number of aromatic nitrogens is 1. The predicted octanol–water partition coefficient (Wildman–Crippen LogP) is 5.80. The van der Waals surface area contributed by atoms with E-state index in [4.69, 9.17) is 4.99 Å². The van der Waals surface area contributed by atoms with Gasteiger partial charge in [0.1, 0.15) is 0 Å². The van der Waals surface area contributed by atoms with Crippen molar-refractivity contribution in [1.82, 2.24) is 4.57 Å². The predicted molar refractivity (Wildman–Crippen MR) is 117 cm³/mol. The molecule has 4 heteroatoms. The zero-order valence-corrected chi connectivity index (χ0v) is 17.3.